The van der Waals surface area contributed by atoms with E-state index < -0.39 is 0 Å². The van der Waals surface area contributed by atoms with Gasteiger partial charge in [0.05, 0.1) is 5.69 Å². The summed E-state index contributed by atoms with van der Waals surface area (Å²) in [6.45, 7) is 5.86. The minimum absolute atomic E-state index is 0.587. The highest BCUT2D eigenvalue weighted by molar-refractivity contribution is 7.98. The first-order chi connectivity index (χ1) is 8.69. The molecule has 0 radical (unpaired) electrons. The molecular weight excluding hydrogens is 240 g/mol. The number of rotatable bonds is 3. The molecule has 3 atom stereocenters. The van der Waals surface area contributed by atoms with E-state index >= 15 is 0 Å². The summed E-state index contributed by atoms with van der Waals surface area (Å²) in [5.74, 6) is 0.679. The van der Waals surface area contributed by atoms with Crippen LogP contribution in [-0.2, 0) is 0 Å². The van der Waals surface area contributed by atoms with Gasteiger partial charge in [-0.15, -0.1) is 11.8 Å². The van der Waals surface area contributed by atoms with Gasteiger partial charge in [-0.25, -0.2) is 0 Å². The van der Waals surface area contributed by atoms with Crippen molar-refractivity contribution in [3.05, 3.63) is 24.3 Å². The smallest absolute Gasteiger partial charge is 0.0506 e. The summed E-state index contributed by atoms with van der Waals surface area (Å²) in [5.41, 5.74) is 1.40. The lowest BCUT2D eigenvalue weighted by atomic mass is 9.87. The van der Waals surface area contributed by atoms with Gasteiger partial charge in [0.15, 0.2) is 0 Å². The normalized spacial score (nSPS) is 28.4. The Balaban J connectivity index is 2.24. The predicted molar refractivity (Wildman–Crippen MR) is 81.7 cm³/mol. The van der Waals surface area contributed by atoms with E-state index in [1.54, 1.807) is 0 Å². The zero-order valence-corrected chi connectivity index (χ0v) is 12.6. The standard InChI is InChI=1S/C15H24N2S/c1-11-12(2)17(10-9-13(11)16-3)14-7-5-6-8-15(14)18-4/h5-8,11-13,16H,9-10H2,1-4H3. The van der Waals surface area contributed by atoms with Crippen molar-refractivity contribution < 1.29 is 0 Å². The molecule has 0 bridgehead atoms. The molecule has 3 unspecified atom stereocenters. The number of hydrogen-bond acceptors (Lipinski definition) is 3. The third kappa shape index (κ3) is 2.52. The molecule has 1 aliphatic heterocycles. The molecule has 0 spiro atoms. The quantitative estimate of drug-likeness (QED) is 0.844. The maximum atomic E-state index is 3.45. The van der Waals surface area contributed by atoms with Crippen molar-refractivity contribution in [2.24, 2.45) is 5.92 Å². The molecule has 1 saturated heterocycles. The first-order valence-corrected chi connectivity index (χ1v) is 7.98. The highest BCUT2D eigenvalue weighted by atomic mass is 32.2. The van der Waals surface area contributed by atoms with Gasteiger partial charge in [0.1, 0.15) is 0 Å². The minimum atomic E-state index is 0.587. The fourth-order valence-corrected chi connectivity index (χ4v) is 3.59. The van der Waals surface area contributed by atoms with Crippen molar-refractivity contribution in [1.29, 1.82) is 0 Å². The molecule has 1 fully saturated rings. The van der Waals surface area contributed by atoms with Gasteiger partial charge in [0, 0.05) is 23.5 Å². The number of para-hydroxylation sites is 1. The Morgan fingerprint density at radius 1 is 1.28 bits per heavy atom. The highest BCUT2D eigenvalue weighted by Crippen LogP contribution is 2.34. The van der Waals surface area contributed by atoms with E-state index in [-0.39, 0.29) is 0 Å². The lowest BCUT2D eigenvalue weighted by Crippen LogP contribution is -2.52. The Labute approximate surface area is 115 Å². The van der Waals surface area contributed by atoms with Gasteiger partial charge in [-0.1, -0.05) is 19.1 Å². The van der Waals surface area contributed by atoms with Gasteiger partial charge in [-0.2, -0.15) is 0 Å². The molecule has 1 aromatic carbocycles. The van der Waals surface area contributed by atoms with Crippen LogP contribution >= 0.6 is 11.8 Å². The third-order valence-electron chi connectivity index (χ3n) is 4.33. The first kappa shape index (κ1) is 13.8. The van der Waals surface area contributed by atoms with E-state index in [0.29, 0.717) is 18.0 Å². The number of thioether (sulfide) groups is 1. The first-order valence-electron chi connectivity index (χ1n) is 6.76. The molecule has 0 saturated carbocycles. The van der Waals surface area contributed by atoms with Gasteiger partial charge >= 0.3 is 0 Å². The molecule has 0 amide bonds. The number of nitrogens with one attached hydrogen (secondary N) is 1. The van der Waals surface area contributed by atoms with Crippen molar-refractivity contribution in [3.63, 3.8) is 0 Å². The van der Waals surface area contributed by atoms with Crippen LogP contribution in [0.1, 0.15) is 20.3 Å². The second-order valence-corrected chi connectivity index (χ2v) is 6.00. The summed E-state index contributed by atoms with van der Waals surface area (Å²) in [5, 5.41) is 3.45. The predicted octanol–water partition coefficient (Wildman–Crippen LogP) is 3.23. The molecule has 18 heavy (non-hydrogen) atoms. The zero-order valence-electron chi connectivity index (χ0n) is 11.8. The molecule has 100 valence electrons. The summed E-state index contributed by atoms with van der Waals surface area (Å²) in [6.07, 6.45) is 3.39. The summed E-state index contributed by atoms with van der Waals surface area (Å²) >= 11 is 1.84. The van der Waals surface area contributed by atoms with E-state index in [1.807, 2.05) is 11.8 Å². The van der Waals surface area contributed by atoms with Crippen LogP contribution in [0.5, 0.6) is 0 Å². The highest BCUT2D eigenvalue weighted by Gasteiger charge is 2.32. The van der Waals surface area contributed by atoms with Gasteiger partial charge in [-0.3, -0.25) is 0 Å². The maximum absolute atomic E-state index is 3.45. The Bertz CT molecular complexity index is 394. The molecular formula is C15H24N2S. The summed E-state index contributed by atoms with van der Waals surface area (Å²) in [4.78, 5) is 3.96. The third-order valence-corrected chi connectivity index (χ3v) is 5.12. The molecule has 1 N–H and O–H groups in total. The van der Waals surface area contributed by atoms with Crippen LogP contribution in [-0.4, -0.2) is 31.9 Å². The van der Waals surface area contributed by atoms with Crippen LogP contribution in [0.25, 0.3) is 0 Å². The average molecular weight is 264 g/mol. The van der Waals surface area contributed by atoms with E-state index in [1.165, 1.54) is 17.0 Å². The topological polar surface area (TPSA) is 15.3 Å². The lowest BCUT2D eigenvalue weighted by molar-refractivity contribution is 0.282. The molecule has 0 aliphatic carbocycles. The van der Waals surface area contributed by atoms with Crippen LogP contribution in [0.3, 0.4) is 0 Å². The Kier molecular flexibility index (Phi) is 4.57. The number of anilines is 1. The number of benzene rings is 1. The summed E-state index contributed by atoms with van der Waals surface area (Å²) in [7, 11) is 2.08. The van der Waals surface area contributed by atoms with Crippen molar-refractivity contribution in [1.82, 2.24) is 5.32 Å². The fraction of sp³-hybridized carbons (Fsp3) is 0.600. The number of hydrogen-bond donors (Lipinski definition) is 1. The number of nitrogens with zero attached hydrogens (tertiary/aromatic N) is 1. The molecule has 1 heterocycles. The van der Waals surface area contributed by atoms with Crippen LogP contribution < -0.4 is 10.2 Å². The second kappa shape index (κ2) is 5.98. The van der Waals surface area contributed by atoms with Gasteiger partial charge in [0.2, 0.25) is 0 Å². The molecule has 2 rings (SSSR count). The van der Waals surface area contributed by atoms with Crippen LogP contribution in [0.2, 0.25) is 0 Å². The van der Waals surface area contributed by atoms with Crippen LogP contribution in [0, 0.1) is 5.92 Å². The van der Waals surface area contributed by atoms with E-state index in [2.05, 4.69) is 61.6 Å². The fourth-order valence-electron chi connectivity index (χ4n) is 2.98. The van der Waals surface area contributed by atoms with Crippen molar-refractivity contribution in [3.8, 4) is 0 Å². The van der Waals surface area contributed by atoms with E-state index in [9.17, 15) is 0 Å². The second-order valence-electron chi connectivity index (χ2n) is 5.15. The largest absolute Gasteiger partial charge is 0.368 e. The Morgan fingerprint density at radius 2 is 2.00 bits per heavy atom. The van der Waals surface area contributed by atoms with Crippen LogP contribution in [0.4, 0.5) is 5.69 Å². The van der Waals surface area contributed by atoms with Crippen LogP contribution in [0.15, 0.2) is 29.2 Å². The lowest BCUT2D eigenvalue weighted by Gasteiger charge is -2.44. The monoisotopic (exact) mass is 264 g/mol. The molecule has 0 aromatic heterocycles. The summed E-state index contributed by atoms with van der Waals surface area (Å²) in [6, 6.07) is 10.00. The molecule has 2 nitrogen and oxygen atoms in total. The van der Waals surface area contributed by atoms with E-state index in [4.69, 9.17) is 0 Å². The summed E-state index contributed by atoms with van der Waals surface area (Å²) < 4.78 is 0. The molecule has 1 aromatic rings. The zero-order chi connectivity index (χ0) is 13.1. The molecule has 3 heteroatoms. The van der Waals surface area contributed by atoms with Gasteiger partial charge in [0.25, 0.3) is 0 Å². The van der Waals surface area contributed by atoms with E-state index in [0.717, 1.165) is 6.54 Å². The Morgan fingerprint density at radius 3 is 2.67 bits per heavy atom. The van der Waals surface area contributed by atoms with Crippen molar-refractivity contribution >= 4 is 17.4 Å². The van der Waals surface area contributed by atoms with Crippen molar-refractivity contribution in [2.75, 3.05) is 24.7 Å². The van der Waals surface area contributed by atoms with Gasteiger partial charge in [-0.05, 0) is 44.7 Å². The minimum Gasteiger partial charge on any atom is -0.368 e. The molecule has 1 aliphatic rings. The van der Waals surface area contributed by atoms with Gasteiger partial charge < -0.3 is 10.2 Å². The van der Waals surface area contributed by atoms with Crippen molar-refractivity contribution in [2.45, 2.75) is 37.2 Å². The Hall–Kier alpha value is -0.670. The maximum Gasteiger partial charge on any atom is 0.0506 e. The average Bonchev–Trinajstić information content (AvgIpc) is 2.42. The SMILES string of the molecule is CNC1CCN(c2ccccc2SC)C(C)C1C. The number of piperidine rings is 1.